The van der Waals surface area contributed by atoms with E-state index in [9.17, 15) is 5.26 Å². The van der Waals surface area contributed by atoms with E-state index in [1.165, 1.54) is 0 Å². The topological polar surface area (TPSA) is 94.7 Å². The zero-order chi connectivity index (χ0) is 22.5. The highest BCUT2D eigenvalue weighted by molar-refractivity contribution is 9.10. The smallest absolute Gasteiger partial charge is 0.175 e. The SMILES string of the molecule is COc1cc(/C=C(\C#N)c2nc3ccccc3[nH]2)cc(Br)c1OCc1ccc(C#N)cc1. The summed E-state index contributed by atoms with van der Waals surface area (Å²) in [5.41, 5.74) is 4.36. The molecule has 3 aromatic carbocycles. The van der Waals surface area contributed by atoms with Gasteiger partial charge in [-0.1, -0.05) is 24.3 Å². The second-order valence-corrected chi connectivity index (χ2v) is 7.76. The Morgan fingerprint density at radius 1 is 1.12 bits per heavy atom. The van der Waals surface area contributed by atoms with Crippen molar-refractivity contribution in [2.75, 3.05) is 7.11 Å². The van der Waals surface area contributed by atoms with Crippen LogP contribution in [-0.4, -0.2) is 17.1 Å². The second kappa shape index (κ2) is 9.38. The van der Waals surface area contributed by atoms with Crippen LogP contribution in [0.25, 0.3) is 22.7 Å². The molecule has 0 spiro atoms. The number of hydrogen-bond acceptors (Lipinski definition) is 5. The number of hydrogen-bond donors (Lipinski definition) is 1. The summed E-state index contributed by atoms with van der Waals surface area (Å²) in [7, 11) is 1.56. The van der Waals surface area contributed by atoms with E-state index in [0.717, 1.165) is 22.2 Å². The van der Waals surface area contributed by atoms with Crippen LogP contribution in [0, 0.1) is 22.7 Å². The van der Waals surface area contributed by atoms with E-state index < -0.39 is 0 Å². The molecule has 0 radical (unpaired) electrons. The largest absolute Gasteiger partial charge is 0.493 e. The molecule has 156 valence electrons. The summed E-state index contributed by atoms with van der Waals surface area (Å²) in [6.45, 7) is 0.318. The Balaban J connectivity index is 1.61. The second-order valence-electron chi connectivity index (χ2n) is 6.90. The first-order valence-electron chi connectivity index (χ1n) is 9.67. The van der Waals surface area contributed by atoms with Gasteiger partial charge in [-0.25, -0.2) is 4.98 Å². The molecule has 0 aliphatic heterocycles. The number of imidazole rings is 1. The number of nitrogens with one attached hydrogen (secondary N) is 1. The molecule has 0 atom stereocenters. The van der Waals surface area contributed by atoms with E-state index in [2.05, 4.69) is 38.0 Å². The van der Waals surface area contributed by atoms with Crippen LogP contribution in [-0.2, 0) is 6.61 Å². The highest BCUT2D eigenvalue weighted by Crippen LogP contribution is 2.38. The van der Waals surface area contributed by atoms with Gasteiger partial charge in [0.05, 0.1) is 39.8 Å². The maximum Gasteiger partial charge on any atom is 0.175 e. The van der Waals surface area contributed by atoms with Gasteiger partial charge in [-0.2, -0.15) is 10.5 Å². The third-order valence-electron chi connectivity index (χ3n) is 4.79. The van der Waals surface area contributed by atoms with Crippen LogP contribution in [0.1, 0.15) is 22.5 Å². The lowest BCUT2D eigenvalue weighted by molar-refractivity contribution is 0.282. The van der Waals surface area contributed by atoms with Crippen LogP contribution < -0.4 is 9.47 Å². The average Bonchev–Trinajstić information content (AvgIpc) is 3.26. The lowest BCUT2D eigenvalue weighted by atomic mass is 10.1. The lowest BCUT2D eigenvalue weighted by Gasteiger charge is -2.14. The van der Waals surface area contributed by atoms with Gasteiger partial charge in [0.15, 0.2) is 11.5 Å². The number of aromatic amines is 1. The minimum atomic E-state index is 0.318. The van der Waals surface area contributed by atoms with E-state index in [4.69, 9.17) is 14.7 Å². The normalized spacial score (nSPS) is 11.1. The Bertz CT molecular complexity index is 1360. The van der Waals surface area contributed by atoms with Crippen LogP contribution in [0.15, 0.2) is 65.1 Å². The molecule has 0 aliphatic carbocycles. The standard InChI is InChI=1S/C25H17BrN4O2/c1-31-23-12-18(10-19(14-28)25-29-21-4-2-3-5-22(21)30-25)11-20(26)24(23)32-15-17-8-6-16(13-27)7-9-17/h2-12H,15H2,1H3,(H,29,30)/b19-10+. The van der Waals surface area contributed by atoms with Gasteiger partial charge in [-0.3, -0.25) is 0 Å². The molecule has 0 amide bonds. The first-order valence-corrected chi connectivity index (χ1v) is 10.5. The van der Waals surface area contributed by atoms with Crippen molar-refractivity contribution in [2.45, 2.75) is 6.61 Å². The molecule has 0 unspecified atom stereocenters. The molecule has 0 fully saturated rings. The number of halogens is 1. The molecule has 0 saturated carbocycles. The van der Waals surface area contributed by atoms with Crippen molar-refractivity contribution < 1.29 is 9.47 Å². The van der Waals surface area contributed by atoms with Gasteiger partial charge in [0.1, 0.15) is 18.5 Å². The van der Waals surface area contributed by atoms with Gasteiger partial charge in [-0.05, 0) is 69.5 Å². The van der Waals surface area contributed by atoms with Crippen molar-refractivity contribution in [2.24, 2.45) is 0 Å². The van der Waals surface area contributed by atoms with Gasteiger partial charge in [0.2, 0.25) is 0 Å². The molecule has 1 heterocycles. The summed E-state index contributed by atoms with van der Waals surface area (Å²) in [4.78, 5) is 7.68. The molecule has 32 heavy (non-hydrogen) atoms. The number of nitrogens with zero attached hydrogens (tertiary/aromatic N) is 3. The van der Waals surface area contributed by atoms with E-state index in [1.54, 1.807) is 31.4 Å². The molecule has 1 aromatic heterocycles. The molecule has 0 saturated heterocycles. The quantitative estimate of drug-likeness (QED) is 0.346. The third-order valence-corrected chi connectivity index (χ3v) is 5.38. The van der Waals surface area contributed by atoms with Gasteiger partial charge >= 0.3 is 0 Å². The maximum atomic E-state index is 9.70. The van der Waals surface area contributed by atoms with E-state index in [1.807, 2.05) is 42.5 Å². The van der Waals surface area contributed by atoms with Gasteiger partial charge in [0, 0.05) is 0 Å². The summed E-state index contributed by atoms with van der Waals surface area (Å²) in [5, 5.41) is 18.6. The number of allylic oxidation sites excluding steroid dienone is 1. The van der Waals surface area contributed by atoms with Crippen molar-refractivity contribution in [3.63, 3.8) is 0 Å². The Morgan fingerprint density at radius 3 is 2.59 bits per heavy atom. The zero-order valence-corrected chi connectivity index (χ0v) is 18.7. The fourth-order valence-corrected chi connectivity index (χ4v) is 3.77. The van der Waals surface area contributed by atoms with Crippen LogP contribution >= 0.6 is 15.9 Å². The highest BCUT2D eigenvalue weighted by atomic mass is 79.9. The van der Waals surface area contributed by atoms with Gasteiger partial charge in [0.25, 0.3) is 0 Å². The summed E-state index contributed by atoms with van der Waals surface area (Å²) in [6.07, 6.45) is 1.75. The third kappa shape index (κ3) is 4.49. The van der Waals surface area contributed by atoms with E-state index in [-0.39, 0.29) is 0 Å². The molecule has 4 rings (SSSR count). The summed E-state index contributed by atoms with van der Waals surface area (Å²) < 4.78 is 12.2. The number of nitriles is 2. The van der Waals surface area contributed by atoms with Crippen LogP contribution in [0.3, 0.4) is 0 Å². The molecule has 0 bridgehead atoms. The number of aromatic nitrogens is 2. The van der Waals surface area contributed by atoms with Crippen molar-refractivity contribution in [1.82, 2.24) is 9.97 Å². The van der Waals surface area contributed by atoms with Crippen molar-refractivity contribution in [3.05, 3.63) is 87.7 Å². The van der Waals surface area contributed by atoms with Gasteiger partial charge < -0.3 is 14.5 Å². The van der Waals surface area contributed by atoms with Crippen molar-refractivity contribution in [1.29, 1.82) is 10.5 Å². The molecular weight excluding hydrogens is 468 g/mol. The Morgan fingerprint density at radius 2 is 1.91 bits per heavy atom. The summed E-state index contributed by atoms with van der Waals surface area (Å²) in [5.74, 6) is 1.59. The first kappa shape index (κ1) is 21.2. The summed E-state index contributed by atoms with van der Waals surface area (Å²) >= 11 is 3.55. The van der Waals surface area contributed by atoms with Gasteiger partial charge in [-0.15, -0.1) is 0 Å². The number of methoxy groups -OCH3 is 1. The molecule has 0 aliphatic rings. The molecular formula is C25H17BrN4O2. The zero-order valence-electron chi connectivity index (χ0n) is 17.1. The Labute approximate surface area is 193 Å². The van der Waals surface area contributed by atoms with Crippen LogP contribution in [0.2, 0.25) is 0 Å². The fourth-order valence-electron chi connectivity index (χ4n) is 3.19. The van der Waals surface area contributed by atoms with E-state index in [0.29, 0.717) is 39.5 Å². The minimum absolute atomic E-state index is 0.318. The number of ether oxygens (including phenoxy) is 2. The number of benzene rings is 3. The Kier molecular flexibility index (Phi) is 6.21. The number of fused-ring (bicyclic) bond motifs is 1. The minimum Gasteiger partial charge on any atom is -0.493 e. The van der Waals surface area contributed by atoms with Crippen LogP contribution in [0.5, 0.6) is 11.5 Å². The Hall–Kier alpha value is -4.07. The molecule has 6 nitrogen and oxygen atoms in total. The first-order chi connectivity index (χ1) is 15.6. The van der Waals surface area contributed by atoms with Crippen LogP contribution in [0.4, 0.5) is 0 Å². The molecule has 7 heteroatoms. The molecule has 1 N–H and O–H groups in total. The maximum absolute atomic E-state index is 9.70. The monoisotopic (exact) mass is 484 g/mol. The predicted octanol–water partition coefficient (Wildman–Crippen LogP) is 5.85. The highest BCUT2D eigenvalue weighted by Gasteiger charge is 2.13. The van der Waals surface area contributed by atoms with E-state index >= 15 is 0 Å². The number of H-pyrrole nitrogens is 1. The van der Waals surface area contributed by atoms with Crippen molar-refractivity contribution in [3.8, 4) is 23.6 Å². The van der Waals surface area contributed by atoms with Crippen molar-refractivity contribution >= 4 is 38.6 Å². The predicted molar refractivity (Wildman–Crippen MR) is 126 cm³/mol. The molecule has 4 aromatic rings. The fraction of sp³-hybridized carbons (Fsp3) is 0.0800. The summed E-state index contributed by atoms with van der Waals surface area (Å²) in [6, 6.07) is 22.8. The average molecular weight is 485 g/mol. The lowest BCUT2D eigenvalue weighted by Crippen LogP contribution is -1.99. The number of para-hydroxylation sites is 2. The number of rotatable bonds is 6.